The minimum atomic E-state index is -0.916. The summed E-state index contributed by atoms with van der Waals surface area (Å²) in [6.07, 6.45) is 1.64. The Hall–Kier alpha value is -2.81. The Kier molecular flexibility index (Phi) is 6.99. The van der Waals surface area contributed by atoms with Crippen LogP contribution in [0.25, 0.3) is 0 Å². The Morgan fingerprint density at radius 3 is 2.38 bits per heavy atom. The largest absolute Gasteiger partial charge is 0.481 e. The summed E-state index contributed by atoms with van der Waals surface area (Å²) in [5.74, 6) is -1.44. The first kappa shape index (κ1) is 19.2. The van der Waals surface area contributed by atoms with Crippen LogP contribution in [-0.2, 0) is 15.0 Å². The molecular weight excluding hydrogens is 306 g/mol. The molecule has 24 heavy (non-hydrogen) atoms. The maximum Gasteiger partial charge on any atom is 0.303 e. The number of hydrogen-bond acceptors (Lipinski definition) is 4. The number of anilines is 1. The van der Waals surface area contributed by atoms with Gasteiger partial charge in [-0.1, -0.05) is 32.9 Å². The fraction of sp³-hybridized carbons (Fsp3) is 0.389. The Balaban J connectivity index is 2.61. The Morgan fingerprint density at radius 2 is 1.88 bits per heavy atom. The van der Waals surface area contributed by atoms with Crippen LogP contribution in [-0.4, -0.2) is 23.5 Å². The molecule has 0 aliphatic carbocycles. The highest BCUT2D eigenvalue weighted by Crippen LogP contribution is 2.23. The Bertz CT molecular complexity index is 650. The van der Waals surface area contributed by atoms with Gasteiger partial charge >= 0.3 is 5.97 Å². The quantitative estimate of drug-likeness (QED) is 0.405. The topological polar surface area (TPSA) is 102 Å². The second-order valence-corrected chi connectivity index (χ2v) is 6.39. The zero-order valence-corrected chi connectivity index (χ0v) is 14.2. The van der Waals surface area contributed by atoms with Crippen LogP contribution < -0.4 is 10.6 Å². The molecule has 6 heteroatoms. The van der Waals surface area contributed by atoms with Gasteiger partial charge in [0.25, 0.3) is 5.91 Å². The average molecular weight is 329 g/mol. The number of benzene rings is 1. The number of nitrogens with one attached hydrogen (secondary N) is 2. The number of carbonyl (C=O) groups excluding carboxylic acids is 1. The van der Waals surface area contributed by atoms with Crippen molar-refractivity contribution in [3.8, 4) is 6.07 Å². The van der Waals surface area contributed by atoms with E-state index in [1.54, 1.807) is 0 Å². The normalized spacial score (nSPS) is 11.5. The highest BCUT2D eigenvalue weighted by Gasteiger charge is 2.13. The molecule has 0 aliphatic heterocycles. The van der Waals surface area contributed by atoms with Crippen molar-refractivity contribution in [1.82, 2.24) is 5.32 Å². The molecule has 0 fully saturated rings. The van der Waals surface area contributed by atoms with Crippen molar-refractivity contribution in [3.63, 3.8) is 0 Å². The fourth-order valence-corrected chi connectivity index (χ4v) is 1.91. The van der Waals surface area contributed by atoms with Gasteiger partial charge in [0.2, 0.25) is 0 Å². The molecule has 0 atom stereocenters. The van der Waals surface area contributed by atoms with E-state index in [0.717, 1.165) is 5.69 Å². The van der Waals surface area contributed by atoms with Crippen LogP contribution in [0, 0.1) is 11.3 Å². The maximum atomic E-state index is 11.8. The second kappa shape index (κ2) is 8.73. The lowest BCUT2D eigenvalue weighted by molar-refractivity contribution is -0.137. The first-order valence-corrected chi connectivity index (χ1v) is 7.71. The number of amides is 1. The number of carboxylic acid groups (broad SMARTS) is 1. The lowest BCUT2D eigenvalue weighted by Gasteiger charge is -2.19. The monoisotopic (exact) mass is 329 g/mol. The van der Waals surface area contributed by atoms with E-state index in [4.69, 9.17) is 10.4 Å². The number of carbonyl (C=O) groups is 2. The van der Waals surface area contributed by atoms with Gasteiger partial charge in [0.1, 0.15) is 11.6 Å². The zero-order chi connectivity index (χ0) is 18.2. The van der Waals surface area contributed by atoms with Crippen LogP contribution in [0.4, 0.5) is 5.69 Å². The molecule has 0 radical (unpaired) electrons. The van der Waals surface area contributed by atoms with Gasteiger partial charge in [-0.05, 0) is 29.5 Å². The summed E-state index contributed by atoms with van der Waals surface area (Å²) >= 11 is 0. The molecule has 6 nitrogen and oxygen atoms in total. The number of rotatable bonds is 7. The maximum absolute atomic E-state index is 11.8. The van der Waals surface area contributed by atoms with E-state index in [1.807, 2.05) is 30.3 Å². The Morgan fingerprint density at radius 1 is 1.25 bits per heavy atom. The van der Waals surface area contributed by atoms with Crippen molar-refractivity contribution < 1.29 is 14.7 Å². The predicted molar refractivity (Wildman–Crippen MR) is 92.3 cm³/mol. The molecule has 0 saturated carbocycles. The van der Waals surface area contributed by atoms with Crippen LogP contribution in [0.5, 0.6) is 0 Å². The first-order valence-electron chi connectivity index (χ1n) is 7.71. The molecule has 1 aromatic carbocycles. The van der Waals surface area contributed by atoms with Crippen molar-refractivity contribution in [2.45, 2.75) is 39.0 Å². The lowest BCUT2D eigenvalue weighted by atomic mass is 9.87. The van der Waals surface area contributed by atoms with Gasteiger partial charge < -0.3 is 15.7 Å². The predicted octanol–water partition coefficient (Wildman–Crippen LogP) is 2.78. The van der Waals surface area contributed by atoms with E-state index in [2.05, 4.69) is 31.4 Å². The SMILES string of the molecule is CC(C)(C)c1ccc(N/C=C(/C#N)C(=O)NCCCC(=O)O)cc1. The standard InChI is InChI=1S/C18H23N3O3/c1-18(2,3)14-6-8-15(9-7-14)21-12-13(11-19)17(24)20-10-4-5-16(22)23/h6-9,12,21H,4-5,10H2,1-3H3,(H,20,24)(H,22,23)/b13-12-. The van der Waals surface area contributed by atoms with E-state index in [-0.39, 0.29) is 24.0 Å². The molecule has 3 N–H and O–H groups in total. The summed E-state index contributed by atoms with van der Waals surface area (Å²) in [4.78, 5) is 22.2. The molecule has 0 spiro atoms. The van der Waals surface area contributed by atoms with Gasteiger partial charge in [-0.3, -0.25) is 9.59 Å². The van der Waals surface area contributed by atoms with Crippen LogP contribution in [0.1, 0.15) is 39.2 Å². The summed E-state index contributed by atoms with van der Waals surface area (Å²) in [6.45, 7) is 6.58. The molecule has 0 unspecified atom stereocenters. The smallest absolute Gasteiger partial charge is 0.303 e. The highest BCUT2D eigenvalue weighted by molar-refractivity contribution is 5.97. The van der Waals surface area contributed by atoms with Gasteiger partial charge in [-0.25, -0.2) is 0 Å². The second-order valence-electron chi connectivity index (χ2n) is 6.39. The number of hydrogen-bond donors (Lipinski definition) is 3. The van der Waals surface area contributed by atoms with E-state index in [0.29, 0.717) is 6.42 Å². The van der Waals surface area contributed by atoms with E-state index in [9.17, 15) is 9.59 Å². The van der Waals surface area contributed by atoms with E-state index < -0.39 is 11.9 Å². The summed E-state index contributed by atoms with van der Waals surface area (Å²) in [5, 5.41) is 23.0. The van der Waals surface area contributed by atoms with Gasteiger partial charge in [0.15, 0.2) is 0 Å². The fourth-order valence-electron chi connectivity index (χ4n) is 1.91. The molecular formula is C18H23N3O3. The molecule has 1 amide bonds. The highest BCUT2D eigenvalue weighted by atomic mass is 16.4. The van der Waals surface area contributed by atoms with Crippen molar-refractivity contribution in [3.05, 3.63) is 41.6 Å². The molecule has 0 bridgehead atoms. The van der Waals surface area contributed by atoms with Crippen molar-refractivity contribution in [1.29, 1.82) is 5.26 Å². The number of carboxylic acids is 1. The minimum absolute atomic E-state index is 0.0236. The summed E-state index contributed by atoms with van der Waals surface area (Å²) in [7, 11) is 0. The lowest BCUT2D eigenvalue weighted by Crippen LogP contribution is -2.26. The average Bonchev–Trinajstić information content (AvgIpc) is 2.51. The Labute approximate surface area is 142 Å². The number of nitrogens with zero attached hydrogens (tertiary/aromatic N) is 1. The third-order valence-electron chi connectivity index (χ3n) is 3.35. The molecule has 0 heterocycles. The zero-order valence-electron chi connectivity index (χ0n) is 14.2. The molecule has 1 rings (SSSR count). The van der Waals surface area contributed by atoms with Gasteiger partial charge in [0.05, 0.1) is 0 Å². The third-order valence-corrected chi connectivity index (χ3v) is 3.35. The molecule has 128 valence electrons. The molecule has 0 aliphatic rings. The van der Waals surface area contributed by atoms with Crippen LogP contribution in [0.15, 0.2) is 36.0 Å². The molecule has 0 saturated heterocycles. The number of aliphatic carboxylic acids is 1. The van der Waals surface area contributed by atoms with Crippen LogP contribution in [0.3, 0.4) is 0 Å². The van der Waals surface area contributed by atoms with Crippen LogP contribution in [0.2, 0.25) is 0 Å². The minimum Gasteiger partial charge on any atom is -0.481 e. The number of nitriles is 1. The van der Waals surface area contributed by atoms with Crippen molar-refractivity contribution in [2.24, 2.45) is 0 Å². The summed E-state index contributed by atoms with van der Waals surface area (Å²) in [5.41, 5.74) is 1.95. The van der Waals surface area contributed by atoms with Crippen molar-refractivity contribution in [2.75, 3.05) is 11.9 Å². The summed E-state index contributed by atoms with van der Waals surface area (Å²) < 4.78 is 0. The third kappa shape index (κ3) is 6.53. The van der Waals surface area contributed by atoms with Gasteiger partial charge in [0, 0.05) is 24.9 Å². The van der Waals surface area contributed by atoms with E-state index >= 15 is 0 Å². The van der Waals surface area contributed by atoms with Gasteiger partial charge in [-0.2, -0.15) is 5.26 Å². The van der Waals surface area contributed by atoms with Gasteiger partial charge in [-0.15, -0.1) is 0 Å². The van der Waals surface area contributed by atoms with E-state index in [1.165, 1.54) is 11.8 Å². The molecule has 1 aromatic rings. The van der Waals surface area contributed by atoms with Crippen molar-refractivity contribution >= 4 is 17.6 Å². The first-order chi connectivity index (χ1) is 11.2. The summed E-state index contributed by atoms with van der Waals surface area (Å²) in [6, 6.07) is 9.59. The van der Waals surface area contributed by atoms with Crippen LogP contribution >= 0.6 is 0 Å². The molecule has 0 aromatic heterocycles.